The van der Waals surface area contributed by atoms with E-state index in [0.29, 0.717) is 16.7 Å². The van der Waals surface area contributed by atoms with Crippen LogP contribution in [0, 0.1) is 24.7 Å². The van der Waals surface area contributed by atoms with E-state index in [2.05, 4.69) is 12.2 Å². The van der Waals surface area contributed by atoms with E-state index in [-0.39, 0.29) is 11.9 Å². The lowest BCUT2D eigenvalue weighted by Crippen LogP contribution is -2.45. The molecule has 2 aliphatic rings. The zero-order valence-electron chi connectivity index (χ0n) is 14.1. The topological polar surface area (TPSA) is 38.3 Å². The highest BCUT2D eigenvalue weighted by atomic mass is 35.5. The molecular formula is C19H26ClNO2. The molecule has 23 heavy (non-hydrogen) atoms. The third-order valence-corrected chi connectivity index (χ3v) is 5.85. The molecule has 1 aromatic rings. The highest BCUT2D eigenvalue weighted by Crippen LogP contribution is 2.49. The van der Waals surface area contributed by atoms with Gasteiger partial charge in [0.15, 0.2) is 6.10 Å². The van der Waals surface area contributed by atoms with Crippen LogP contribution in [0.5, 0.6) is 5.75 Å². The van der Waals surface area contributed by atoms with Gasteiger partial charge in [-0.3, -0.25) is 4.79 Å². The number of fused-ring (bicyclic) bond motifs is 2. The van der Waals surface area contributed by atoms with E-state index < -0.39 is 6.10 Å². The van der Waals surface area contributed by atoms with Gasteiger partial charge in [0.05, 0.1) is 0 Å². The Hall–Kier alpha value is -1.22. The van der Waals surface area contributed by atoms with Gasteiger partial charge in [0.1, 0.15) is 5.75 Å². The van der Waals surface area contributed by atoms with Gasteiger partial charge in [-0.05, 0) is 81.5 Å². The second-order valence-electron chi connectivity index (χ2n) is 7.31. The molecule has 3 rings (SSSR count). The van der Waals surface area contributed by atoms with Crippen molar-refractivity contribution >= 4 is 17.5 Å². The fourth-order valence-electron chi connectivity index (χ4n) is 4.34. The lowest BCUT2D eigenvalue weighted by Gasteiger charge is -2.29. The Bertz CT molecular complexity index is 589. The molecule has 2 saturated carbocycles. The van der Waals surface area contributed by atoms with Gasteiger partial charge in [-0.1, -0.05) is 18.0 Å². The van der Waals surface area contributed by atoms with E-state index in [1.165, 1.54) is 25.7 Å². The minimum Gasteiger partial charge on any atom is -0.481 e. The third kappa shape index (κ3) is 3.65. The highest BCUT2D eigenvalue weighted by molar-refractivity contribution is 6.30. The van der Waals surface area contributed by atoms with Crippen LogP contribution in [0.2, 0.25) is 5.02 Å². The number of nitrogens with one attached hydrogen (secondary N) is 1. The Balaban J connectivity index is 1.55. The maximum atomic E-state index is 12.4. The summed E-state index contributed by atoms with van der Waals surface area (Å²) < 4.78 is 5.82. The molecule has 126 valence electrons. The summed E-state index contributed by atoms with van der Waals surface area (Å²) in [6, 6.07) is 5.68. The van der Waals surface area contributed by atoms with Crippen LogP contribution in [0.25, 0.3) is 0 Å². The van der Waals surface area contributed by atoms with Gasteiger partial charge >= 0.3 is 0 Å². The predicted octanol–water partition coefficient (Wildman–Crippen LogP) is 4.36. The average molecular weight is 336 g/mol. The third-order valence-electron chi connectivity index (χ3n) is 5.61. The van der Waals surface area contributed by atoms with Crippen LogP contribution >= 0.6 is 11.6 Å². The molecule has 2 fully saturated rings. The smallest absolute Gasteiger partial charge is 0.260 e. The van der Waals surface area contributed by atoms with Gasteiger partial charge in [0.2, 0.25) is 0 Å². The summed E-state index contributed by atoms with van der Waals surface area (Å²) in [7, 11) is 0. The zero-order chi connectivity index (χ0) is 16.6. The van der Waals surface area contributed by atoms with Crippen LogP contribution in [0.15, 0.2) is 18.2 Å². The number of carbonyl (C=O) groups is 1. The molecular weight excluding hydrogens is 310 g/mol. The Kier molecular flexibility index (Phi) is 4.86. The fraction of sp³-hybridized carbons (Fsp3) is 0.632. The summed E-state index contributed by atoms with van der Waals surface area (Å²) >= 11 is 5.95. The first-order valence-corrected chi connectivity index (χ1v) is 9.05. The molecule has 1 amide bonds. The van der Waals surface area contributed by atoms with E-state index in [9.17, 15) is 4.79 Å². The van der Waals surface area contributed by atoms with Crippen molar-refractivity contribution in [3.05, 3.63) is 28.8 Å². The predicted molar refractivity (Wildman–Crippen MR) is 92.8 cm³/mol. The van der Waals surface area contributed by atoms with Crippen molar-refractivity contribution in [2.24, 2.45) is 17.8 Å². The van der Waals surface area contributed by atoms with Crippen LogP contribution in [-0.2, 0) is 4.79 Å². The van der Waals surface area contributed by atoms with Gasteiger partial charge in [-0.15, -0.1) is 0 Å². The minimum atomic E-state index is -0.504. The average Bonchev–Trinajstić information content (AvgIpc) is 3.12. The van der Waals surface area contributed by atoms with Crippen molar-refractivity contribution < 1.29 is 9.53 Å². The SMILES string of the molecule is Cc1cc(Cl)ccc1O[C@@H](C)C(=O)N[C@H](C)[C@@H]1C[C@@H]2CC[C@@H]1C2. The maximum absolute atomic E-state index is 12.4. The first kappa shape index (κ1) is 16.6. The number of benzene rings is 1. The zero-order valence-corrected chi connectivity index (χ0v) is 14.9. The molecule has 0 saturated heterocycles. The van der Waals surface area contributed by atoms with Crippen LogP contribution in [-0.4, -0.2) is 18.1 Å². The molecule has 0 unspecified atom stereocenters. The first-order chi connectivity index (χ1) is 10.9. The van der Waals surface area contributed by atoms with Crippen molar-refractivity contribution in [3.63, 3.8) is 0 Å². The standard InChI is InChI=1S/C19H26ClNO2/c1-11-8-16(20)6-7-18(11)23-13(3)19(22)21-12(2)17-10-14-4-5-15(17)9-14/h6-8,12-15,17H,4-5,9-10H2,1-3H3,(H,21,22)/t12-,13+,14-,15-,17+/m1/s1. The number of halogens is 1. The van der Waals surface area contributed by atoms with Crippen molar-refractivity contribution in [3.8, 4) is 5.75 Å². The number of amides is 1. The Morgan fingerprint density at radius 1 is 1.30 bits per heavy atom. The van der Waals surface area contributed by atoms with Gasteiger partial charge in [0, 0.05) is 11.1 Å². The van der Waals surface area contributed by atoms with Crippen LogP contribution < -0.4 is 10.1 Å². The van der Waals surface area contributed by atoms with Gasteiger partial charge in [-0.2, -0.15) is 0 Å². The molecule has 1 aromatic carbocycles. The summed E-state index contributed by atoms with van der Waals surface area (Å²) in [5, 5.41) is 3.85. The van der Waals surface area contributed by atoms with Gasteiger partial charge in [0.25, 0.3) is 5.91 Å². The summed E-state index contributed by atoms with van der Waals surface area (Å²) in [5.41, 5.74) is 0.943. The molecule has 0 aliphatic heterocycles. The molecule has 0 aromatic heterocycles. The van der Waals surface area contributed by atoms with Crippen molar-refractivity contribution in [2.75, 3.05) is 0 Å². The summed E-state index contributed by atoms with van der Waals surface area (Å²) in [4.78, 5) is 12.4. The van der Waals surface area contributed by atoms with E-state index in [1.807, 2.05) is 19.1 Å². The van der Waals surface area contributed by atoms with Crippen LogP contribution in [0.3, 0.4) is 0 Å². The molecule has 0 radical (unpaired) electrons. The van der Waals surface area contributed by atoms with Gasteiger partial charge in [-0.25, -0.2) is 0 Å². The first-order valence-electron chi connectivity index (χ1n) is 8.67. The largest absolute Gasteiger partial charge is 0.481 e. The molecule has 2 bridgehead atoms. The summed E-state index contributed by atoms with van der Waals surface area (Å²) in [6.45, 7) is 5.88. The van der Waals surface area contributed by atoms with Crippen molar-refractivity contribution in [2.45, 2.75) is 58.6 Å². The summed E-state index contributed by atoms with van der Waals surface area (Å²) in [6.07, 6.45) is 4.86. The van der Waals surface area contributed by atoms with Crippen LogP contribution in [0.4, 0.5) is 0 Å². The fourth-order valence-corrected chi connectivity index (χ4v) is 4.57. The number of ether oxygens (including phenoxy) is 1. The number of hydrogen-bond acceptors (Lipinski definition) is 2. The monoisotopic (exact) mass is 335 g/mol. The molecule has 2 aliphatic carbocycles. The van der Waals surface area contributed by atoms with Gasteiger partial charge < -0.3 is 10.1 Å². The Labute approximate surface area is 143 Å². The van der Waals surface area contributed by atoms with E-state index in [1.54, 1.807) is 13.0 Å². The lowest BCUT2D eigenvalue weighted by atomic mass is 9.84. The lowest BCUT2D eigenvalue weighted by molar-refractivity contribution is -0.128. The number of rotatable bonds is 5. The molecule has 4 heteroatoms. The number of hydrogen-bond donors (Lipinski definition) is 1. The van der Waals surface area contributed by atoms with E-state index in [4.69, 9.17) is 16.3 Å². The highest BCUT2D eigenvalue weighted by Gasteiger charge is 2.42. The molecule has 3 nitrogen and oxygen atoms in total. The molecule has 5 atom stereocenters. The van der Waals surface area contributed by atoms with Crippen LogP contribution in [0.1, 0.15) is 45.1 Å². The van der Waals surface area contributed by atoms with Crippen molar-refractivity contribution in [1.29, 1.82) is 0 Å². The van der Waals surface area contributed by atoms with Crippen molar-refractivity contribution in [1.82, 2.24) is 5.32 Å². The second kappa shape index (κ2) is 6.72. The van der Waals surface area contributed by atoms with E-state index >= 15 is 0 Å². The molecule has 1 N–H and O–H groups in total. The second-order valence-corrected chi connectivity index (χ2v) is 7.74. The maximum Gasteiger partial charge on any atom is 0.260 e. The van der Waals surface area contributed by atoms with E-state index in [0.717, 1.165) is 17.4 Å². The number of carbonyl (C=O) groups excluding carboxylic acids is 1. The normalized spacial score (nSPS) is 28.4. The molecule has 0 spiro atoms. The summed E-state index contributed by atoms with van der Waals surface area (Å²) in [5.74, 6) is 3.03. The Morgan fingerprint density at radius 2 is 2.09 bits per heavy atom. The molecule has 0 heterocycles. The number of aryl methyl sites for hydroxylation is 1. The Morgan fingerprint density at radius 3 is 2.70 bits per heavy atom. The quantitative estimate of drug-likeness (QED) is 0.868. The minimum absolute atomic E-state index is 0.0328.